The van der Waals surface area contributed by atoms with E-state index < -0.39 is 18.8 Å². The van der Waals surface area contributed by atoms with Crippen LogP contribution in [0.1, 0.15) is 27.9 Å². The number of halogens is 3. The van der Waals surface area contributed by atoms with Crippen molar-refractivity contribution in [2.45, 2.75) is 25.6 Å². The van der Waals surface area contributed by atoms with Gasteiger partial charge in [-0.1, -0.05) is 24.3 Å². The van der Waals surface area contributed by atoms with Crippen molar-refractivity contribution in [1.29, 1.82) is 0 Å². The maximum Gasteiger partial charge on any atom is 0.422 e. The first kappa shape index (κ1) is 20.3. The highest BCUT2D eigenvalue weighted by atomic mass is 19.4. The number of carbonyl (C=O) groups excluding carboxylic acids is 1. The molecule has 0 saturated carbocycles. The van der Waals surface area contributed by atoms with Crippen molar-refractivity contribution in [3.63, 3.8) is 0 Å². The Bertz CT molecular complexity index is 788. The van der Waals surface area contributed by atoms with Gasteiger partial charge in [0, 0.05) is 13.0 Å². The minimum absolute atomic E-state index is 0.0811. The molecule has 144 valence electrons. The van der Waals surface area contributed by atoms with E-state index in [4.69, 9.17) is 5.11 Å². The van der Waals surface area contributed by atoms with Crippen molar-refractivity contribution in [2.24, 2.45) is 0 Å². The number of aromatic carboxylic acids is 1. The number of carbonyl (C=O) groups is 2. The summed E-state index contributed by atoms with van der Waals surface area (Å²) in [7, 11) is 0. The highest BCUT2D eigenvalue weighted by Gasteiger charge is 2.28. The van der Waals surface area contributed by atoms with Gasteiger partial charge in [-0.25, -0.2) is 4.79 Å². The van der Waals surface area contributed by atoms with Gasteiger partial charge in [0.25, 0.3) is 0 Å². The van der Waals surface area contributed by atoms with Crippen molar-refractivity contribution in [1.82, 2.24) is 5.32 Å². The highest BCUT2D eigenvalue weighted by Crippen LogP contribution is 2.19. The van der Waals surface area contributed by atoms with E-state index in [-0.39, 0.29) is 30.2 Å². The number of alkyl halides is 3. The molecule has 0 unspecified atom stereocenters. The number of carboxylic acid groups (broad SMARTS) is 1. The molecule has 0 aliphatic rings. The lowest BCUT2D eigenvalue weighted by Gasteiger charge is -2.11. The van der Waals surface area contributed by atoms with Crippen LogP contribution < -0.4 is 10.1 Å². The predicted molar refractivity (Wildman–Crippen MR) is 91.6 cm³/mol. The summed E-state index contributed by atoms with van der Waals surface area (Å²) < 4.78 is 41.2. The Morgan fingerprint density at radius 1 is 1.04 bits per heavy atom. The van der Waals surface area contributed by atoms with Crippen molar-refractivity contribution in [3.8, 4) is 5.75 Å². The first-order chi connectivity index (χ1) is 12.7. The summed E-state index contributed by atoms with van der Waals surface area (Å²) in [5, 5.41) is 11.5. The molecule has 0 saturated heterocycles. The molecule has 2 aromatic rings. The second-order valence-corrected chi connectivity index (χ2v) is 5.83. The van der Waals surface area contributed by atoms with E-state index in [1.165, 1.54) is 24.3 Å². The number of aryl methyl sites for hydroxylation is 1. The normalized spacial score (nSPS) is 11.1. The van der Waals surface area contributed by atoms with Crippen LogP contribution in [0.25, 0.3) is 0 Å². The van der Waals surface area contributed by atoms with Crippen LogP contribution in [-0.4, -0.2) is 29.8 Å². The van der Waals surface area contributed by atoms with Crippen LogP contribution >= 0.6 is 0 Å². The van der Waals surface area contributed by atoms with E-state index in [2.05, 4.69) is 10.1 Å². The van der Waals surface area contributed by atoms with Crippen molar-refractivity contribution >= 4 is 11.9 Å². The van der Waals surface area contributed by atoms with Crippen molar-refractivity contribution < 1.29 is 32.6 Å². The fourth-order valence-corrected chi connectivity index (χ4v) is 2.27. The fraction of sp³-hybridized carbons (Fsp3) is 0.263. The Labute approximate surface area is 153 Å². The Kier molecular flexibility index (Phi) is 6.81. The Morgan fingerprint density at radius 2 is 1.74 bits per heavy atom. The maximum atomic E-state index is 12.2. The van der Waals surface area contributed by atoms with Gasteiger partial charge in [-0.15, -0.1) is 0 Å². The molecule has 0 aromatic heterocycles. The summed E-state index contributed by atoms with van der Waals surface area (Å²) in [5.74, 6) is -1.16. The molecule has 8 heteroatoms. The van der Waals surface area contributed by atoms with Crippen LogP contribution in [0.3, 0.4) is 0 Å². The number of carboxylic acids is 1. The lowest BCUT2D eigenvalue weighted by molar-refractivity contribution is -0.153. The molecule has 0 fully saturated rings. The van der Waals surface area contributed by atoms with Crippen LogP contribution in [0.4, 0.5) is 13.2 Å². The van der Waals surface area contributed by atoms with Gasteiger partial charge in [-0.2, -0.15) is 13.2 Å². The molecule has 0 bridgehead atoms. The van der Waals surface area contributed by atoms with Crippen LogP contribution in [0.2, 0.25) is 0 Å². The van der Waals surface area contributed by atoms with Crippen LogP contribution in [-0.2, 0) is 17.8 Å². The van der Waals surface area contributed by atoms with Crippen molar-refractivity contribution in [2.75, 3.05) is 6.61 Å². The molecule has 2 N–H and O–H groups in total. The van der Waals surface area contributed by atoms with E-state index in [9.17, 15) is 22.8 Å². The smallest absolute Gasteiger partial charge is 0.422 e. The molecule has 0 radical (unpaired) electrons. The fourth-order valence-electron chi connectivity index (χ4n) is 2.27. The van der Waals surface area contributed by atoms with Crippen molar-refractivity contribution in [3.05, 3.63) is 65.2 Å². The molecule has 0 aliphatic heterocycles. The topological polar surface area (TPSA) is 75.6 Å². The Morgan fingerprint density at radius 3 is 2.37 bits per heavy atom. The van der Waals surface area contributed by atoms with Gasteiger partial charge < -0.3 is 15.2 Å². The second kappa shape index (κ2) is 9.07. The maximum absolute atomic E-state index is 12.2. The van der Waals surface area contributed by atoms with E-state index in [1.807, 2.05) is 0 Å². The number of benzene rings is 2. The van der Waals surface area contributed by atoms with Gasteiger partial charge in [-0.3, -0.25) is 4.79 Å². The van der Waals surface area contributed by atoms with Gasteiger partial charge in [0.2, 0.25) is 5.91 Å². The summed E-state index contributed by atoms with van der Waals surface area (Å²) in [6.07, 6.45) is -3.76. The lowest BCUT2D eigenvalue weighted by Crippen LogP contribution is -2.23. The standard InChI is InChI=1S/C19H18F3NO4/c20-19(21,22)12-27-16-3-1-2-14(10-16)11-23-17(24)9-6-13-4-7-15(8-5-13)18(25)26/h1-5,7-8,10H,6,9,11-12H2,(H,23,24)(H,25,26). The molecule has 2 aromatic carbocycles. The number of hydrogen-bond acceptors (Lipinski definition) is 3. The van der Waals surface area contributed by atoms with Crippen LogP contribution in [0.15, 0.2) is 48.5 Å². The zero-order valence-corrected chi connectivity index (χ0v) is 14.3. The average Bonchev–Trinajstić information content (AvgIpc) is 2.63. The molecule has 0 aliphatic carbocycles. The lowest BCUT2D eigenvalue weighted by atomic mass is 10.1. The minimum Gasteiger partial charge on any atom is -0.484 e. The molecule has 5 nitrogen and oxygen atoms in total. The molecular weight excluding hydrogens is 363 g/mol. The van der Waals surface area contributed by atoms with E-state index in [0.29, 0.717) is 12.0 Å². The van der Waals surface area contributed by atoms with E-state index >= 15 is 0 Å². The average molecular weight is 381 g/mol. The largest absolute Gasteiger partial charge is 0.484 e. The third kappa shape index (κ3) is 7.39. The highest BCUT2D eigenvalue weighted by molar-refractivity contribution is 5.87. The second-order valence-electron chi connectivity index (χ2n) is 5.83. The number of nitrogens with one attached hydrogen (secondary N) is 1. The SMILES string of the molecule is O=C(CCc1ccc(C(=O)O)cc1)NCc1cccc(OCC(F)(F)F)c1. The number of rotatable bonds is 8. The van der Waals surface area contributed by atoms with E-state index in [0.717, 1.165) is 5.56 Å². The van der Waals surface area contributed by atoms with Crippen LogP contribution in [0, 0.1) is 0 Å². The quantitative estimate of drug-likeness (QED) is 0.733. The van der Waals surface area contributed by atoms with Gasteiger partial charge in [0.15, 0.2) is 6.61 Å². The molecule has 2 rings (SSSR count). The minimum atomic E-state index is -4.41. The van der Waals surface area contributed by atoms with Gasteiger partial charge in [0.05, 0.1) is 5.56 Å². The number of ether oxygens (including phenoxy) is 1. The third-order valence-corrected chi connectivity index (χ3v) is 3.63. The molecule has 1 amide bonds. The van der Waals surface area contributed by atoms with E-state index in [1.54, 1.807) is 24.3 Å². The molecule has 0 heterocycles. The summed E-state index contributed by atoms with van der Waals surface area (Å²) in [6.45, 7) is -1.20. The Hall–Kier alpha value is -3.03. The first-order valence-corrected chi connectivity index (χ1v) is 8.10. The first-order valence-electron chi connectivity index (χ1n) is 8.10. The Balaban J connectivity index is 1.79. The zero-order valence-electron chi connectivity index (χ0n) is 14.3. The molecular formula is C19H18F3NO4. The van der Waals surface area contributed by atoms with Crippen LogP contribution in [0.5, 0.6) is 5.75 Å². The van der Waals surface area contributed by atoms with Gasteiger partial charge in [0.1, 0.15) is 5.75 Å². The van der Waals surface area contributed by atoms with Gasteiger partial charge in [-0.05, 0) is 41.8 Å². The zero-order chi connectivity index (χ0) is 19.9. The predicted octanol–water partition coefficient (Wildman–Crippen LogP) is 3.57. The number of hydrogen-bond donors (Lipinski definition) is 2. The third-order valence-electron chi connectivity index (χ3n) is 3.63. The summed E-state index contributed by atoms with van der Waals surface area (Å²) in [6, 6.07) is 12.3. The van der Waals surface area contributed by atoms with Gasteiger partial charge >= 0.3 is 12.1 Å². The monoisotopic (exact) mass is 381 g/mol. The number of amides is 1. The molecule has 0 atom stereocenters. The summed E-state index contributed by atoms with van der Waals surface area (Å²) in [5.41, 5.74) is 1.63. The summed E-state index contributed by atoms with van der Waals surface area (Å²) >= 11 is 0. The summed E-state index contributed by atoms with van der Waals surface area (Å²) in [4.78, 5) is 22.7. The molecule has 27 heavy (non-hydrogen) atoms. The molecule has 0 spiro atoms.